The fourth-order valence-corrected chi connectivity index (χ4v) is 11.4. The molecule has 0 atom stereocenters. The summed E-state index contributed by atoms with van der Waals surface area (Å²) in [6.07, 6.45) is 0. The molecule has 0 saturated carbocycles. The Morgan fingerprint density at radius 2 is 0.918 bits per heavy atom. The first-order chi connectivity index (χ1) is 30.2. The van der Waals surface area contributed by atoms with E-state index in [2.05, 4.69) is 223 Å². The van der Waals surface area contributed by atoms with Crippen molar-refractivity contribution in [1.82, 2.24) is 4.98 Å². The van der Waals surface area contributed by atoms with E-state index in [0.29, 0.717) is 0 Å². The summed E-state index contributed by atoms with van der Waals surface area (Å²) in [7, 11) is 0. The highest BCUT2D eigenvalue weighted by atomic mass is 32.1. The lowest BCUT2D eigenvalue weighted by Gasteiger charge is -2.26. The fourth-order valence-electron chi connectivity index (χ4n) is 9.06. The molecule has 0 aliphatic heterocycles. The number of benzene rings is 10. The summed E-state index contributed by atoms with van der Waals surface area (Å²) in [6.45, 7) is 0. The topological polar surface area (TPSA) is 16.1 Å². The molecule has 12 aromatic rings. The van der Waals surface area contributed by atoms with Gasteiger partial charge in [-0.1, -0.05) is 164 Å². The van der Waals surface area contributed by atoms with E-state index in [0.717, 1.165) is 27.6 Å². The number of thiophene rings is 1. The lowest BCUT2D eigenvalue weighted by atomic mass is 9.88. The van der Waals surface area contributed by atoms with Crippen LogP contribution in [0, 0.1) is 0 Å². The molecule has 2 aromatic heterocycles. The summed E-state index contributed by atoms with van der Waals surface area (Å²) in [5, 5.41) is 8.65. The van der Waals surface area contributed by atoms with Gasteiger partial charge in [-0.15, -0.1) is 22.7 Å². The van der Waals surface area contributed by atoms with Crippen molar-refractivity contribution in [2.75, 3.05) is 4.90 Å². The van der Waals surface area contributed by atoms with E-state index in [4.69, 9.17) is 4.98 Å². The van der Waals surface area contributed by atoms with E-state index >= 15 is 0 Å². The number of aromatic nitrogens is 1. The van der Waals surface area contributed by atoms with Gasteiger partial charge in [-0.3, -0.25) is 0 Å². The predicted molar refractivity (Wildman–Crippen MR) is 264 cm³/mol. The molecule has 12 rings (SSSR count). The molecule has 0 bridgehead atoms. The van der Waals surface area contributed by atoms with Crippen LogP contribution in [0.25, 0.3) is 95.9 Å². The Morgan fingerprint density at radius 1 is 0.344 bits per heavy atom. The Balaban J connectivity index is 1.05. The van der Waals surface area contributed by atoms with Crippen LogP contribution in [0.4, 0.5) is 17.1 Å². The van der Waals surface area contributed by atoms with Crippen molar-refractivity contribution < 1.29 is 0 Å². The van der Waals surface area contributed by atoms with Crippen LogP contribution >= 0.6 is 22.7 Å². The molecule has 286 valence electrons. The van der Waals surface area contributed by atoms with Crippen LogP contribution in [0.1, 0.15) is 0 Å². The lowest BCUT2D eigenvalue weighted by molar-refractivity contribution is 1.28. The third-order valence-electron chi connectivity index (χ3n) is 11.9. The SMILES string of the molecule is c1ccc(-c2ccc(N(c3ccccc3)c3ccc(-c4c(-c5ccc(-c6nc7ccccc7s6)c6ccccc56)ccc5c4sc4ccc6ccccc6c45)cc3)cc2)cc1. The summed E-state index contributed by atoms with van der Waals surface area (Å²) >= 11 is 3.66. The van der Waals surface area contributed by atoms with E-state index in [1.807, 2.05) is 11.3 Å². The fraction of sp³-hybridized carbons (Fsp3) is 0. The average Bonchev–Trinajstić information content (AvgIpc) is 3.95. The Labute approximate surface area is 361 Å². The van der Waals surface area contributed by atoms with Gasteiger partial charge in [0.1, 0.15) is 5.01 Å². The number of anilines is 3. The van der Waals surface area contributed by atoms with Gasteiger partial charge >= 0.3 is 0 Å². The molecular formula is C57H36N2S2. The number of hydrogen-bond acceptors (Lipinski definition) is 4. The molecule has 10 aromatic carbocycles. The van der Waals surface area contributed by atoms with Gasteiger partial charge in [0.2, 0.25) is 0 Å². The van der Waals surface area contributed by atoms with Crippen molar-refractivity contribution in [2.24, 2.45) is 0 Å². The van der Waals surface area contributed by atoms with Crippen molar-refractivity contribution in [1.29, 1.82) is 0 Å². The zero-order valence-electron chi connectivity index (χ0n) is 33.0. The maximum absolute atomic E-state index is 5.09. The summed E-state index contributed by atoms with van der Waals surface area (Å²) in [5.41, 5.74) is 12.8. The number of para-hydroxylation sites is 2. The summed E-state index contributed by atoms with van der Waals surface area (Å²) in [5.74, 6) is 0. The average molecular weight is 813 g/mol. The van der Waals surface area contributed by atoms with Gasteiger partial charge in [0, 0.05) is 48.4 Å². The van der Waals surface area contributed by atoms with Crippen molar-refractivity contribution in [2.45, 2.75) is 0 Å². The first-order valence-corrected chi connectivity index (χ1v) is 22.2. The van der Waals surface area contributed by atoms with Gasteiger partial charge in [-0.25, -0.2) is 4.98 Å². The largest absolute Gasteiger partial charge is 0.311 e. The first-order valence-electron chi connectivity index (χ1n) is 20.6. The molecule has 0 aliphatic carbocycles. The number of fused-ring (bicyclic) bond motifs is 7. The molecule has 0 spiro atoms. The molecule has 0 amide bonds. The van der Waals surface area contributed by atoms with Gasteiger partial charge in [-0.2, -0.15) is 0 Å². The van der Waals surface area contributed by atoms with Crippen molar-refractivity contribution in [3.8, 4) is 44.0 Å². The number of rotatable bonds is 7. The molecule has 0 aliphatic rings. The number of nitrogens with zero attached hydrogens (tertiary/aromatic N) is 2. The third kappa shape index (κ3) is 6.11. The normalized spacial score (nSPS) is 11.6. The molecule has 0 fully saturated rings. The van der Waals surface area contributed by atoms with Crippen LogP contribution in [0.5, 0.6) is 0 Å². The molecule has 0 N–H and O–H groups in total. The van der Waals surface area contributed by atoms with E-state index in [1.165, 1.54) is 85.4 Å². The minimum Gasteiger partial charge on any atom is -0.311 e. The number of thiazole rings is 1. The molecule has 2 nitrogen and oxygen atoms in total. The highest BCUT2D eigenvalue weighted by Gasteiger charge is 2.21. The highest BCUT2D eigenvalue weighted by Crippen LogP contribution is 2.49. The summed E-state index contributed by atoms with van der Waals surface area (Å²) < 4.78 is 3.80. The summed E-state index contributed by atoms with van der Waals surface area (Å²) in [6, 6.07) is 79.3. The quantitative estimate of drug-likeness (QED) is 0.159. The van der Waals surface area contributed by atoms with Gasteiger partial charge in [-0.05, 0) is 104 Å². The van der Waals surface area contributed by atoms with E-state index in [-0.39, 0.29) is 0 Å². The maximum Gasteiger partial charge on any atom is 0.125 e. The second kappa shape index (κ2) is 14.7. The highest BCUT2D eigenvalue weighted by molar-refractivity contribution is 7.26. The minimum absolute atomic E-state index is 1.04. The van der Waals surface area contributed by atoms with Gasteiger partial charge in [0.15, 0.2) is 0 Å². The number of hydrogen-bond donors (Lipinski definition) is 0. The molecule has 4 heteroatoms. The molecular weight excluding hydrogens is 777 g/mol. The smallest absolute Gasteiger partial charge is 0.125 e. The van der Waals surface area contributed by atoms with Crippen molar-refractivity contribution >= 4 is 91.7 Å². The predicted octanol–water partition coefficient (Wildman–Crippen LogP) is 17.1. The van der Waals surface area contributed by atoms with Crippen LogP contribution in [0.15, 0.2) is 218 Å². The van der Waals surface area contributed by atoms with Gasteiger partial charge < -0.3 is 4.90 Å². The first kappa shape index (κ1) is 35.6. The van der Waals surface area contributed by atoms with E-state index < -0.39 is 0 Å². The van der Waals surface area contributed by atoms with Crippen LogP contribution in [-0.4, -0.2) is 4.98 Å². The third-order valence-corrected chi connectivity index (χ3v) is 14.2. The van der Waals surface area contributed by atoms with Gasteiger partial charge in [0.25, 0.3) is 0 Å². The van der Waals surface area contributed by atoms with Crippen LogP contribution in [0.2, 0.25) is 0 Å². The molecule has 0 saturated heterocycles. The van der Waals surface area contributed by atoms with E-state index in [1.54, 1.807) is 11.3 Å². The molecule has 0 unspecified atom stereocenters. The standard InChI is InChI=1S/C57H36N2S2/c1-3-13-37(14-4-1)38-23-28-42(29-24-38)59(41-16-5-2-6-17-41)43-30-25-40(26-31-43)54-48(33-35-50-55-44-18-8-7-15-39(44)27-36-53(55)60-56(50)54)47-32-34-49(46-20-10-9-19-45(46)47)57-58-51-21-11-12-22-52(51)61-57/h1-36H. The van der Waals surface area contributed by atoms with Crippen LogP contribution < -0.4 is 4.90 Å². The molecule has 61 heavy (non-hydrogen) atoms. The second-order valence-electron chi connectivity index (χ2n) is 15.5. The Morgan fingerprint density at radius 3 is 1.67 bits per heavy atom. The maximum atomic E-state index is 5.09. The van der Waals surface area contributed by atoms with Crippen molar-refractivity contribution in [3.05, 3.63) is 218 Å². The zero-order valence-corrected chi connectivity index (χ0v) is 34.6. The Bertz CT molecular complexity index is 3540. The molecule has 0 radical (unpaired) electrons. The monoisotopic (exact) mass is 812 g/mol. The van der Waals surface area contributed by atoms with Crippen LogP contribution in [-0.2, 0) is 0 Å². The molecule has 2 heterocycles. The Kier molecular flexibility index (Phi) is 8.58. The zero-order chi connectivity index (χ0) is 40.3. The second-order valence-corrected chi connectivity index (χ2v) is 17.5. The lowest BCUT2D eigenvalue weighted by Crippen LogP contribution is -2.09. The summed E-state index contributed by atoms with van der Waals surface area (Å²) in [4.78, 5) is 7.44. The Hall–Kier alpha value is -7.37. The van der Waals surface area contributed by atoms with E-state index in [9.17, 15) is 0 Å². The van der Waals surface area contributed by atoms with Crippen LogP contribution in [0.3, 0.4) is 0 Å². The van der Waals surface area contributed by atoms with Crippen molar-refractivity contribution in [3.63, 3.8) is 0 Å². The minimum atomic E-state index is 1.04. The van der Waals surface area contributed by atoms with Gasteiger partial charge in [0.05, 0.1) is 10.2 Å².